The molecule has 21 heavy (non-hydrogen) atoms. The quantitative estimate of drug-likeness (QED) is 0.864. The second kappa shape index (κ2) is 5.39. The fourth-order valence-corrected chi connectivity index (χ4v) is 2.69. The van der Waals surface area contributed by atoms with Crippen LogP contribution in [0.15, 0.2) is 12.1 Å². The highest BCUT2D eigenvalue weighted by atomic mass is 16.5. The smallest absolute Gasteiger partial charge is 0.254 e. The van der Waals surface area contributed by atoms with Crippen molar-refractivity contribution >= 4 is 11.8 Å². The Morgan fingerprint density at radius 2 is 2.19 bits per heavy atom. The number of fused-ring (bicyclic) bond motifs is 1. The van der Waals surface area contributed by atoms with E-state index in [1.54, 1.807) is 4.90 Å². The second-order valence-corrected chi connectivity index (χ2v) is 5.92. The molecule has 1 aliphatic heterocycles. The summed E-state index contributed by atoms with van der Waals surface area (Å²) in [6, 6.07) is 3.90. The third kappa shape index (κ3) is 2.86. The predicted octanol–water partition coefficient (Wildman–Crippen LogP) is 1.62. The number of ether oxygens (including phenoxy) is 1. The highest BCUT2D eigenvalue weighted by molar-refractivity contribution is 6.00. The molecule has 0 atom stereocenters. The number of nitrogens with two attached hydrogens (primary N) is 1. The van der Waals surface area contributed by atoms with Gasteiger partial charge in [0, 0.05) is 25.1 Å². The number of hydrogen-bond acceptors (Lipinski definition) is 3. The summed E-state index contributed by atoms with van der Waals surface area (Å²) in [5.41, 5.74) is 7.78. The zero-order valence-corrected chi connectivity index (χ0v) is 12.2. The summed E-state index contributed by atoms with van der Waals surface area (Å²) in [5.74, 6) is 1.07. The first-order valence-electron chi connectivity index (χ1n) is 7.39. The maximum absolute atomic E-state index is 12.5. The van der Waals surface area contributed by atoms with E-state index < -0.39 is 0 Å². The van der Waals surface area contributed by atoms with E-state index in [2.05, 4.69) is 0 Å². The molecular formula is C16H20N2O3. The number of benzene rings is 1. The van der Waals surface area contributed by atoms with E-state index in [1.807, 2.05) is 19.1 Å². The molecule has 2 aliphatic rings. The van der Waals surface area contributed by atoms with Crippen molar-refractivity contribution in [2.75, 3.05) is 13.2 Å². The van der Waals surface area contributed by atoms with Crippen LogP contribution in [0.5, 0.6) is 5.75 Å². The molecule has 0 bridgehead atoms. The molecule has 112 valence electrons. The van der Waals surface area contributed by atoms with Gasteiger partial charge in [-0.05, 0) is 37.3 Å². The molecule has 0 spiro atoms. The average Bonchev–Trinajstić information content (AvgIpc) is 3.20. The van der Waals surface area contributed by atoms with Crippen molar-refractivity contribution in [2.45, 2.75) is 32.7 Å². The zero-order chi connectivity index (χ0) is 15.0. The first-order valence-corrected chi connectivity index (χ1v) is 7.39. The highest BCUT2D eigenvalue weighted by Crippen LogP contribution is 2.34. The van der Waals surface area contributed by atoms with Crippen molar-refractivity contribution < 1.29 is 14.3 Å². The SMILES string of the molecule is Cc1c(OCC2CC2)ccc2c1C(=O)N(CCC(N)=O)C2. The molecule has 1 aliphatic carbocycles. The van der Waals surface area contributed by atoms with Gasteiger partial charge in [-0.1, -0.05) is 6.07 Å². The lowest BCUT2D eigenvalue weighted by Crippen LogP contribution is -2.28. The molecule has 0 radical (unpaired) electrons. The Bertz CT molecular complexity index is 593. The van der Waals surface area contributed by atoms with Gasteiger partial charge in [-0.25, -0.2) is 0 Å². The molecule has 5 nitrogen and oxygen atoms in total. The van der Waals surface area contributed by atoms with Gasteiger partial charge in [0.05, 0.1) is 12.2 Å². The van der Waals surface area contributed by atoms with Gasteiger partial charge in [-0.2, -0.15) is 0 Å². The van der Waals surface area contributed by atoms with Crippen molar-refractivity contribution in [3.8, 4) is 5.75 Å². The Morgan fingerprint density at radius 1 is 1.43 bits per heavy atom. The first-order chi connectivity index (χ1) is 10.1. The minimum absolute atomic E-state index is 0.0272. The van der Waals surface area contributed by atoms with E-state index in [0.29, 0.717) is 19.0 Å². The standard InChI is InChI=1S/C16H20N2O3/c1-10-13(21-9-11-2-3-11)5-4-12-8-18(7-6-14(17)19)16(20)15(10)12/h4-5,11H,2-3,6-9H2,1H3,(H2,17,19). The van der Waals surface area contributed by atoms with Crippen LogP contribution < -0.4 is 10.5 Å². The van der Waals surface area contributed by atoms with Gasteiger partial charge in [0.15, 0.2) is 0 Å². The van der Waals surface area contributed by atoms with Crippen LogP contribution in [-0.4, -0.2) is 29.9 Å². The third-order valence-corrected chi connectivity index (χ3v) is 4.16. The van der Waals surface area contributed by atoms with E-state index in [0.717, 1.165) is 29.0 Å². The maximum Gasteiger partial charge on any atom is 0.254 e. The molecule has 3 rings (SSSR count). The number of carbonyl (C=O) groups excluding carboxylic acids is 2. The van der Waals surface area contributed by atoms with Crippen molar-refractivity contribution in [3.63, 3.8) is 0 Å². The van der Waals surface area contributed by atoms with Gasteiger partial charge in [0.2, 0.25) is 5.91 Å². The van der Waals surface area contributed by atoms with E-state index in [4.69, 9.17) is 10.5 Å². The minimum atomic E-state index is -0.385. The van der Waals surface area contributed by atoms with Crippen LogP contribution in [0.2, 0.25) is 0 Å². The highest BCUT2D eigenvalue weighted by Gasteiger charge is 2.30. The predicted molar refractivity (Wildman–Crippen MR) is 77.9 cm³/mol. The largest absolute Gasteiger partial charge is 0.493 e. The molecule has 1 fully saturated rings. The maximum atomic E-state index is 12.5. The van der Waals surface area contributed by atoms with Gasteiger partial charge in [-0.15, -0.1) is 0 Å². The summed E-state index contributed by atoms with van der Waals surface area (Å²) in [4.78, 5) is 25.0. The van der Waals surface area contributed by atoms with Crippen LogP contribution in [0.25, 0.3) is 0 Å². The zero-order valence-electron chi connectivity index (χ0n) is 12.2. The summed E-state index contributed by atoms with van der Waals surface area (Å²) in [5, 5.41) is 0. The lowest BCUT2D eigenvalue weighted by molar-refractivity contribution is -0.118. The molecule has 1 aromatic rings. The molecular weight excluding hydrogens is 268 g/mol. The van der Waals surface area contributed by atoms with Gasteiger partial charge in [0.1, 0.15) is 5.75 Å². The van der Waals surface area contributed by atoms with Gasteiger partial charge >= 0.3 is 0 Å². The number of rotatable bonds is 6. The van der Waals surface area contributed by atoms with Crippen LogP contribution in [0.1, 0.15) is 40.7 Å². The number of carbonyl (C=O) groups is 2. The van der Waals surface area contributed by atoms with Crippen molar-refractivity contribution in [1.29, 1.82) is 0 Å². The number of amides is 2. The van der Waals surface area contributed by atoms with E-state index in [-0.39, 0.29) is 18.2 Å². The Morgan fingerprint density at radius 3 is 2.86 bits per heavy atom. The molecule has 1 aromatic carbocycles. The number of hydrogen-bond donors (Lipinski definition) is 1. The molecule has 1 heterocycles. The summed E-state index contributed by atoms with van der Waals surface area (Å²) in [7, 11) is 0. The van der Waals surface area contributed by atoms with Crippen molar-refractivity contribution in [1.82, 2.24) is 4.90 Å². The fourth-order valence-electron chi connectivity index (χ4n) is 2.69. The van der Waals surface area contributed by atoms with Crippen LogP contribution in [-0.2, 0) is 11.3 Å². The Labute approximate surface area is 124 Å². The molecule has 0 aromatic heterocycles. The van der Waals surface area contributed by atoms with E-state index in [9.17, 15) is 9.59 Å². The van der Waals surface area contributed by atoms with Crippen LogP contribution >= 0.6 is 0 Å². The topological polar surface area (TPSA) is 72.6 Å². The minimum Gasteiger partial charge on any atom is -0.493 e. The van der Waals surface area contributed by atoms with Gasteiger partial charge in [-0.3, -0.25) is 9.59 Å². The third-order valence-electron chi connectivity index (χ3n) is 4.16. The monoisotopic (exact) mass is 288 g/mol. The van der Waals surface area contributed by atoms with Crippen LogP contribution in [0.4, 0.5) is 0 Å². The molecule has 2 amide bonds. The number of primary amides is 1. The summed E-state index contributed by atoms with van der Waals surface area (Å²) in [6.07, 6.45) is 2.68. The summed E-state index contributed by atoms with van der Waals surface area (Å²) in [6.45, 7) is 3.58. The van der Waals surface area contributed by atoms with Gasteiger partial charge in [0.25, 0.3) is 5.91 Å². The average molecular weight is 288 g/mol. The molecule has 1 saturated carbocycles. The first kappa shape index (κ1) is 13.9. The van der Waals surface area contributed by atoms with Crippen LogP contribution in [0.3, 0.4) is 0 Å². The van der Waals surface area contributed by atoms with Crippen LogP contribution in [0, 0.1) is 12.8 Å². The molecule has 2 N–H and O–H groups in total. The molecule has 0 saturated heterocycles. The second-order valence-electron chi connectivity index (χ2n) is 5.92. The Kier molecular flexibility index (Phi) is 3.57. The normalized spacial score (nSPS) is 17.0. The number of nitrogens with zero attached hydrogens (tertiary/aromatic N) is 1. The Hall–Kier alpha value is -2.04. The van der Waals surface area contributed by atoms with Gasteiger partial charge < -0.3 is 15.4 Å². The summed E-state index contributed by atoms with van der Waals surface area (Å²) >= 11 is 0. The molecule has 5 heteroatoms. The summed E-state index contributed by atoms with van der Waals surface area (Å²) < 4.78 is 5.82. The van der Waals surface area contributed by atoms with Crippen molar-refractivity contribution in [2.24, 2.45) is 11.7 Å². The lowest BCUT2D eigenvalue weighted by Gasteiger charge is -2.14. The fraction of sp³-hybridized carbons (Fsp3) is 0.500. The molecule has 0 unspecified atom stereocenters. The van der Waals surface area contributed by atoms with E-state index >= 15 is 0 Å². The Balaban J connectivity index is 1.75. The van der Waals surface area contributed by atoms with Crippen molar-refractivity contribution in [3.05, 3.63) is 28.8 Å². The van der Waals surface area contributed by atoms with E-state index in [1.165, 1.54) is 12.8 Å². The lowest BCUT2D eigenvalue weighted by atomic mass is 10.0.